The molecule has 2 aromatic heterocycles. The molecule has 0 aliphatic heterocycles. The van der Waals surface area contributed by atoms with Crippen molar-refractivity contribution in [1.29, 1.82) is 0 Å². The summed E-state index contributed by atoms with van der Waals surface area (Å²) in [4.78, 5) is 14.2. The summed E-state index contributed by atoms with van der Waals surface area (Å²) in [6, 6.07) is 12.0. The van der Waals surface area contributed by atoms with Crippen molar-refractivity contribution < 1.29 is 0 Å². The fourth-order valence-corrected chi connectivity index (χ4v) is 3.26. The first-order valence-electron chi connectivity index (χ1n) is 7.22. The van der Waals surface area contributed by atoms with Crippen LogP contribution in [0, 0.1) is 0 Å². The maximum Gasteiger partial charge on any atom is 0.278 e. The van der Waals surface area contributed by atoms with Gasteiger partial charge in [0.2, 0.25) is 0 Å². The molecular formula is C16H17N3OS. The molecule has 3 aromatic rings. The fraction of sp³-hybridized carbons (Fsp3) is 0.312. The highest BCUT2D eigenvalue weighted by Gasteiger charge is 2.11. The van der Waals surface area contributed by atoms with Gasteiger partial charge in [-0.2, -0.15) is 0 Å². The molecule has 0 saturated carbocycles. The van der Waals surface area contributed by atoms with E-state index in [4.69, 9.17) is 0 Å². The van der Waals surface area contributed by atoms with E-state index in [1.54, 1.807) is 0 Å². The standard InChI is InChI=1S/C16H17N3OS/c1-2-3-7-10-19-16(20)13-11-14(21-15(13)17-18-19)12-8-5-4-6-9-12/h4-6,8-9,11H,2-3,7,10H2,1H3. The van der Waals surface area contributed by atoms with Crippen LogP contribution in [0.4, 0.5) is 0 Å². The lowest BCUT2D eigenvalue weighted by molar-refractivity contribution is 0.509. The predicted molar refractivity (Wildman–Crippen MR) is 86.6 cm³/mol. The van der Waals surface area contributed by atoms with Crippen LogP contribution < -0.4 is 5.56 Å². The minimum atomic E-state index is -0.0328. The number of aryl methyl sites for hydroxylation is 1. The van der Waals surface area contributed by atoms with E-state index in [0.717, 1.165) is 29.7 Å². The molecule has 0 spiro atoms. The molecule has 3 rings (SSSR count). The molecule has 0 aliphatic carbocycles. The van der Waals surface area contributed by atoms with Crippen LogP contribution in [0.5, 0.6) is 0 Å². The Morgan fingerprint density at radius 1 is 1.19 bits per heavy atom. The van der Waals surface area contributed by atoms with E-state index < -0.39 is 0 Å². The first kappa shape index (κ1) is 13.9. The normalized spacial score (nSPS) is 11.1. The lowest BCUT2D eigenvalue weighted by Gasteiger charge is -2.01. The van der Waals surface area contributed by atoms with Gasteiger partial charge in [0.05, 0.1) is 5.39 Å². The predicted octanol–water partition coefficient (Wildman–Crippen LogP) is 3.71. The smallest absolute Gasteiger partial charge is 0.267 e. The van der Waals surface area contributed by atoms with Crippen LogP contribution >= 0.6 is 11.3 Å². The third-order valence-electron chi connectivity index (χ3n) is 3.45. The van der Waals surface area contributed by atoms with Crippen LogP contribution in [0.25, 0.3) is 20.7 Å². The number of fused-ring (bicyclic) bond motifs is 1. The molecule has 0 radical (unpaired) electrons. The zero-order valence-electron chi connectivity index (χ0n) is 12.0. The van der Waals surface area contributed by atoms with Gasteiger partial charge in [0.25, 0.3) is 5.56 Å². The zero-order chi connectivity index (χ0) is 14.7. The van der Waals surface area contributed by atoms with Crippen molar-refractivity contribution in [2.24, 2.45) is 0 Å². The van der Waals surface area contributed by atoms with Gasteiger partial charge in [0.15, 0.2) is 4.83 Å². The second-order valence-electron chi connectivity index (χ2n) is 5.02. The van der Waals surface area contributed by atoms with E-state index in [9.17, 15) is 4.79 Å². The summed E-state index contributed by atoms with van der Waals surface area (Å²) in [5.74, 6) is 0. The van der Waals surface area contributed by atoms with Crippen molar-refractivity contribution in [3.63, 3.8) is 0 Å². The van der Waals surface area contributed by atoms with Crippen molar-refractivity contribution in [2.45, 2.75) is 32.7 Å². The third kappa shape index (κ3) is 2.88. The second-order valence-corrected chi connectivity index (χ2v) is 6.05. The minimum absolute atomic E-state index is 0.0328. The maximum atomic E-state index is 12.4. The highest BCUT2D eigenvalue weighted by Crippen LogP contribution is 2.30. The first-order chi connectivity index (χ1) is 10.3. The topological polar surface area (TPSA) is 47.8 Å². The summed E-state index contributed by atoms with van der Waals surface area (Å²) in [7, 11) is 0. The van der Waals surface area contributed by atoms with Crippen LogP contribution in [-0.4, -0.2) is 15.0 Å². The Morgan fingerprint density at radius 3 is 2.76 bits per heavy atom. The van der Waals surface area contributed by atoms with Gasteiger partial charge >= 0.3 is 0 Å². The number of hydrogen-bond donors (Lipinski definition) is 0. The minimum Gasteiger partial charge on any atom is -0.267 e. The van der Waals surface area contributed by atoms with Gasteiger partial charge in [-0.1, -0.05) is 55.3 Å². The van der Waals surface area contributed by atoms with Crippen LogP contribution in [0.2, 0.25) is 0 Å². The van der Waals surface area contributed by atoms with E-state index in [0.29, 0.717) is 16.8 Å². The van der Waals surface area contributed by atoms with Crippen LogP contribution in [0.3, 0.4) is 0 Å². The summed E-state index contributed by atoms with van der Waals surface area (Å²) in [6.45, 7) is 2.79. The van der Waals surface area contributed by atoms with Crippen molar-refractivity contribution in [2.75, 3.05) is 0 Å². The maximum absolute atomic E-state index is 12.4. The van der Waals surface area contributed by atoms with E-state index in [2.05, 4.69) is 17.2 Å². The number of aromatic nitrogens is 3. The largest absolute Gasteiger partial charge is 0.278 e. The highest BCUT2D eigenvalue weighted by atomic mass is 32.1. The Bertz CT molecular complexity index is 792. The van der Waals surface area contributed by atoms with Gasteiger partial charge in [-0.3, -0.25) is 4.79 Å². The van der Waals surface area contributed by atoms with Gasteiger partial charge in [0.1, 0.15) is 0 Å². The molecule has 108 valence electrons. The van der Waals surface area contributed by atoms with Crippen LogP contribution in [0.1, 0.15) is 26.2 Å². The number of nitrogens with zero attached hydrogens (tertiary/aromatic N) is 3. The Balaban J connectivity index is 1.98. The summed E-state index contributed by atoms with van der Waals surface area (Å²) in [6.07, 6.45) is 3.19. The van der Waals surface area contributed by atoms with E-state index in [-0.39, 0.29) is 5.56 Å². The second kappa shape index (κ2) is 6.18. The van der Waals surface area contributed by atoms with Gasteiger partial charge in [-0.15, -0.1) is 16.4 Å². The zero-order valence-corrected chi connectivity index (χ0v) is 12.8. The molecule has 2 heterocycles. The Hall–Kier alpha value is -2.01. The van der Waals surface area contributed by atoms with Gasteiger partial charge in [-0.05, 0) is 18.1 Å². The SMILES string of the molecule is CCCCCn1nnc2sc(-c3ccccc3)cc2c1=O. The van der Waals surface area contributed by atoms with Crippen LogP contribution in [-0.2, 0) is 6.54 Å². The quantitative estimate of drug-likeness (QED) is 0.675. The summed E-state index contributed by atoms with van der Waals surface area (Å²) in [5, 5.41) is 8.92. The molecule has 0 unspecified atom stereocenters. The number of rotatable bonds is 5. The Labute approximate surface area is 127 Å². The van der Waals surface area contributed by atoms with Crippen molar-refractivity contribution in [3.05, 3.63) is 46.8 Å². The highest BCUT2D eigenvalue weighted by molar-refractivity contribution is 7.21. The molecule has 0 aliphatic rings. The number of unbranched alkanes of at least 4 members (excludes halogenated alkanes) is 2. The Morgan fingerprint density at radius 2 is 2.00 bits per heavy atom. The monoisotopic (exact) mass is 299 g/mol. The molecular weight excluding hydrogens is 282 g/mol. The average molecular weight is 299 g/mol. The molecule has 0 saturated heterocycles. The molecule has 0 amide bonds. The summed E-state index contributed by atoms with van der Waals surface area (Å²) >= 11 is 1.51. The third-order valence-corrected chi connectivity index (χ3v) is 4.52. The Kier molecular flexibility index (Phi) is 4.10. The summed E-state index contributed by atoms with van der Waals surface area (Å²) < 4.78 is 1.49. The first-order valence-corrected chi connectivity index (χ1v) is 8.04. The van der Waals surface area contributed by atoms with Crippen molar-refractivity contribution in [3.8, 4) is 10.4 Å². The molecule has 0 bridgehead atoms. The van der Waals surface area contributed by atoms with Crippen molar-refractivity contribution in [1.82, 2.24) is 15.0 Å². The van der Waals surface area contributed by atoms with E-state index in [1.165, 1.54) is 16.0 Å². The van der Waals surface area contributed by atoms with E-state index >= 15 is 0 Å². The molecule has 0 N–H and O–H groups in total. The van der Waals surface area contributed by atoms with E-state index in [1.807, 2.05) is 36.4 Å². The van der Waals surface area contributed by atoms with Gasteiger partial charge in [0, 0.05) is 11.4 Å². The molecule has 21 heavy (non-hydrogen) atoms. The molecule has 0 fully saturated rings. The van der Waals surface area contributed by atoms with Gasteiger partial charge in [-0.25, -0.2) is 4.68 Å². The summed E-state index contributed by atoms with van der Waals surface area (Å²) in [5.41, 5.74) is 1.08. The molecule has 5 heteroatoms. The van der Waals surface area contributed by atoms with Crippen LogP contribution in [0.15, 0.2) is 41.2 Å². The van der Waals surface area contributed by atoms with Crippen molar-refractivity contribution >= 4 is 21.6 Å². The molecule has 0 atom stereocenters. The lowest BCUT2D eigenvalue weighted by atomic mass is 10.2. The molecule has 4 nitrogen and oxygen atoms in total. The lowest BCUT2D eigenvalue weighted by Crippen LogP contribution is -2.23. The van der Waals surface area contributed by atoms with Gasteiger partial charge < -0.3 is 0 Å². The number of hydrogen-bond acceptors (Lipinski definition) is 4. The number of benzene rings is 1. The molecule has 1 aromatic carbocycles. The fourth-order valence-electron chi connectivity index (χ4n) is 2.29. The number of thiophene rings is 1. The average Bonchev–Trinajstić information content (AvgIpc) is 2.96.